The maximum atomic E-state index is 11.8. The maximum absolute atomic E-state index is 11.8. The molecule has 0 saturated carbocycles. The van der Waals surface area contributed by atoms with Gasteiger partial charge in [0, 0.05) is 11.8 Å². The van der Waals surface area contributed by atoms with Crippen LogP contribution in [0.15, 0.2) is 57.7 Å². The second-order valence-electron chi connectivity index (χ2n) is 4.68. The van der Waals surface area contributed by atoms with Crippen LogP contribution in [0, 0.1) is 6.92 Å². The predicted molar refractivity (Wildman–Crippen MR) is 78.7 cm³/mol. The van der Waals surface area contributed by atoms with Gasteiger partial charge < -0.3 is 19.0 Å². The zero-order valence-electron chi connectivity index (χ0n) is 11.9. The molecule has 0 atom stereocenters. The smallest absolute Gasteiger partial charge is 0.291 e. The van der Waals surface area contributed by atoms with Gasteiger partial charge in [-0.1, -0.05) is 5.16 Å². The number of hydrogen-bond donors (Lipinski definition) is 1. The third-order valence-electron chi connectivity index (χ3n) is 2.92. The largest absolute Gasteiger partial charge is 0.486 e. The monoisotopic (exact) mass is 298 g/mol. The highest BCUT2D eigenvalue weighted by atomic mass is 16.5. The van der Waals surface area contributed by atoms with Crippen molar-refractivity contribution in [2.75, 3.05) is 5.32 Å². The fourth-order valence-electron chi connectivity index (χ4n) is 1.87. The Morgan fingerprint density at radius 3 is 2.73 bits per heavy atom. The zero-order valence-corrected chi connectivity index (χ0v) is 11.9. The quantitative estimate of drug-likeness (QED) is 0.781. The Morgan fingerprint density at radius 1 is 1.27 bits per heavy atom. The van der Waals surface area contributed by atoms with Gasteiger partial charge in [0.2, 0.25) is 0 Å². The summed E-state index contributed by atoms with van der Waals surface area (Å²) in [4.78, 5) is 11.8. The molecule has 0 radical (unpaired) electrons. The van der Waals surface area contributed by atoms with Crippen LogP contribution in [0.3, 0.4) is 0 Å². The molecule has 3 aromatic rings. The molecule has 1 N–H and O–H groups in total. The summed E-state index contributed by atoms with van der Waals surface area (Å²) in [7, 11) is 0. The lowest BCUT2D eigenvalue weighted by molar-refractivity contribution is 0.0996. The zero-order chi connectivity index (χ0) is 15.4. The SMILES string of the molecule is Cc1cc(COc2ccc(NC(=O)c3ccco3)cc2)on1. The Bertz CT molecular complexity index is 745. The number of amides is 1. The fraction of sp³-hybridized carbons (Fsp3) is 0.125. The van der Waals surface area contributed by atoms with E-state index in [1.807, 2.05) is 13.0 Å². The van der Waals surface area contributed by atoms with Gasteiger partial charge in [-0.05, 0) is 43.3 Å². The number of hydrogen-bond acceptors (Lipinski definition) is 5. The number of carbonyl (C=O) groups excluding carboxylic acids is 1. The van der Waals surface area contributed by atoms with E-state index < -0.39 is 0 Å². The molecule has 0 aliphatic rings. The van der Waals surface area contributed by atoms with E-state index in [1.54, 1.807) is 36.4 Å². The number of benzene rings is 1. The van der Waals surface area contributed by atoms with Crippen LogP contribution in [-0.2, 0) is 6.61 Å². The molecule has 0 aliphatic heterocycles. The van der Waals surface area contributed by atoms with Gasteiger partial charge in [0.25, 0.3) is 5.91 Å². The topological polar surface area (TPSA) is 77.5 Å². The molecule has 0 aliphatic carbocycles. The molecule has 6 heteroatoms. The average molecular weight is 298 g/mol. The number of nitrogens with zero attached hydrogens (tertiary/aromatic N) is 1. The van der Waals surface area contributed by atoms with Gasteiger partial charge in [0.05, 0.1) is 12.0 Å². The molecule has 112 valence electrons. The number of furan rings is 1. The summed E-state index contributed by atoms with van der Waals surface area (Å²) >= 11 is 0. The van der Waals surface area contributed by atoms with E-state index in [0.29, 0.717) is 23.8 Å². The molecule has 0 fully saturated rings. The van der Waals surface area contributed by atoms with Crippen molar-refractivity contribution in [2.24, 2.45) is 0 Å². The van der Waals surface area contributed by atoms with Crippen LogP contribution < -0.4 is 10.1 Å². The lowest BCUT2D eigenvalue weighted by Gasteiger charge is -2.06. The number of rotatable bonds is 5. The van der Waals surface area contributed by atoms with Gasteiger partial charge in [-0.3, -0.25) is 4.79 Å². The van der Waals surface area contributed by atoms with E-state index >= 15 is 0 Å². The van der Waals surface area contributed by atoms with Gasteiger partial charge in [0.15, 0.2) is 11.5 Å². The first-order chi connectivity index (χ1) is 10.7. The fourth-order valence-corrected chi connectivity index (χ4v) is 1.87. The van der Waals surface area contributed by atoms with Crippen molar-refractivity contribution in [1.29, 1.82) is 0 Å². The van der Waals surface area contributed by atoms with Crippen LogP contribution >= 0.6 is 0 Å². The third kappa shape index (κ3) is 3.35. The van der Waals surface area contributed by atoms with Crippen LogP contribution in [0.25, 0.3) is 0 Å². The van der Waals surface area contributed by atoms with Crippen molar-refractivity contribution < 1.29 is 18.5 Å². The van der Waals surface area contributed by atoms with E-state index in [2.05, 4.69) is 10.5 Å². The minimum atomic E-state index is -0.296. The molecule has 22 heavy (non-hydrogen) atoms. The molecular formula is C16H14N2O4. The van der Waals surface area contributed by atoms with E-state index in [1.165, 1.54) is 6.26 Å². The van der Waals surface area contributed by atoms with Crippen molar-refractivity contribution in [3.63, 3.8) is 0 Å². The first kappa shape index (κ1) is 13.9. The van der Waals surface area contributed by atoms with Gasteiger partial charge in [-0.2, -0.15) is 0 Å². The molecule has 2 aromatic heterocycles. The third-order valence-corrected chi connectivity index (χ3v) is 2.92. The van der Waals surface area contributed by atoms with Crippen molar-refractivity contribution in [2.45, 2.75) is 13.5 Å². The second-order valence-corrected chi connectivity index (χ2v) is 4.68. The van der Waals surface area contributed by atoms with Crippen molar-refractivity contribution in [3.05, 3.63) is 65.9 Å². The number of aromatic nitrogens is 1. The first-order valence-corrected chi connectivity index (χ1v) is 6.70. The predicted octanol–water partition coefficient (Wildman–Crippen LogP) is 3.41. The Balaban J connectivity index is 1.57. The summed E-state index contributed by atoms with van der Waals surface area (Å²) in [6.07, 6.45) is 1.46. The summed E-state index contributed by atoms with van der Waals surface area (Å²) in [6, 6.07) is 12.1. The first-order valence-electron chi connectivity index (χ1n) is 6.70. The van der Waals surface area contributed by atoms with E-state index in [0.717, 1.165) is 5.69 Å². The summed E-state index contributed by atoms with van der Waals surface area (Å²) in [5.74, 6) is 1.30. The van der Waals surface area contributed by atoms with E-state index in [9.17, 15) is 4.79 Å². The number of nitrogens with one attached hydrogen (secondary N) is 1. The Morgan fingerprint density at radius 2 is 2.09 bits per heavy atom. The van der Waals surface area contributed by atoms with Crippen LogP contribution in [0.1, 0.15) is 22.0 Å². The minimum absolute atomic E-state index is 0.265. The van der Waals surface area contributed by atoms with Crippen LogP contribution in [0.4, 0.5) is 5.69 Å². The highest BCUT2D eigenvalue weighted by Gasteiger charge is 2.08. The average Bonchev–Trinajstić information content (AvgIpc) is 3.18. The lowest BCUT2D eigenvalue weighted by Crippen LogP contribution is -2.10. The van der Waals surface area contributed by atoms with Crippen molar-refractivity contribution in [1.82, 2.24) is 5.16 Å². The normalized spacial score (nSPS) is 10.4. The number of anilines is 1. The van der Waals surface area contributed by atoms with Gasteiger partial charge >= 0.3 is 0 Å². The molecule has 1 amide bonds. The molecule has 0 saturated heterocycles. The lowest BCUT2D eigenvalue weighted by atomic mass is 10.3. The summed E-state index contributed by atoms with van der Waals surface area (Å²) in [6.45, 7) is 2.16. The number of ether oxygens (including phenoxy) is 1. The standard InChI is InChI=1S/C16H14N2O4/c1-11-9-14(22-18-11)10-21-13-6-4-12(5-7-13)17-16(19)15-3-2-8-20-15/h2-9H,10H2,1H3,(H,17,19). The number of carbonyl (C=O) groups is 1. The van der Waals surface area contributed by atoms with Gasteiger partial charge in [-0.15, -0.1) is 0 Å². The molecule has 0 bridgehead atoms. The molecule has 1 aromatic carbocycles. The maximum Gasteiger partial charge on any atom is 0.291 e. The van der Waals surface area contributed by atoms with Crippen LogP contribution in [0.5, 0.6) is 5.75 Å². The Hall–Kier alpha value is -3.02. The molecule has 0 spiro atoms. The second kappa shape index (κ2) is 6.17. The van der Waals surface area contributed by atoms with Crippen molar-refractivity contribution in [3.8, 4) is 5.75 Å². The summed E-state index contributed by atoms with van der Waals surface area (Å²) in [5, 5.41) is 6.52. The number of aryl methyl sites for hydroxylation is 1. The van der Waals surface area contributed by atoms with Gasteiger partial charge in [0.1, 0.15) is 12.4 Å². The highest BCUT2D eigenvalue weighted by molar-refractivity contribution is 6.02. The van der Waals surface area contributed by atoms with Crippen LogP contribution in [0.2, 0.25) is 0 Å². The Kier molecular flexibility index (Phi) is 3.91. The van der Waals surface area contributed by atoms with E-state index in [4.69, 9.17) is 13.7 Å². The molecule has 6 nitrogen and oxygen atoms in total. The molecule has 3 rings (SSSR count). The van der Waals surface area contributed by atoms with Crippen LogP contribution in [-0.4, -0.2) is 11.1 Å². The van der Waals surface area contributed by atoms with Crippen molar-refractivity contribution >= 4 is 11.6 Å². The summed E-state index contributed by atoms with van der Waals surface area (Å²) < 4.78 is 15.7. The summed E-state index contributed by atoms with van der Waals surface area (Å²) in [5.41, 5.74) is 1.47. The van der Waals surface area contributed by atoms with E-state index in [-0.39, 0.29) is 11.7 Å². The highest BCUT2D eigenvalue weighted by Crippen LogP contribution is 2.18. The molecule has 2 heterocycles. The molecule has 0 unspecified atom stereocenters. The van der Waals surface area contributed by atoms with Gasteiger partial charge in [-0.25, -0.2) is 0 Å². The Labute approximate surface area is 126 Å². The molecular weight excluding hydrogens is 284 g/mol. The minimum Gasteiger partial charge on any atom is -0.486 e.